The molecule has 0 aliphatic heterocycles. The summed E-state index contributed by atoms with van der Waals surface area (Å²) in [4.78, 5) is 12.2. The number of benzene rings is 1. The van der Waals surface area contributed by atoms with Crippen LogP contribution >= 0.6 is 0 Å². The zero-order chi connectivity index (χ0) is 14.8. The molecule has 1 aromatic carbocycles. The molecular formula is C14H23NO3Si. The van der Waals surface area contributed by atoms with Crippen LogP contribution in [0.15, 0.2) is 18.2 Å². The van der Waals surface area contributed by atoms with E-state index in [0.29, 0.717) is 17.0 Å². The number of ether oxygens (including phenoxy) is 1. The Morgan fingerprint density at radius 3 is 2.26 bits per heavy atom. The second-order valence-corrected chi connectivity index (χ2v) is 10.9. The van der Waals surface area contributed by atoms with E-state index in [2.05, 4.69) is 19.6 Å². The molecule has 0 saturated heterocycles. The van der Waals surface area contributed by atoms with Gasteiger partial charge in [-0.3, -0.25) is 0 Å². The van der Waals surface area contributed by atoms with Gasteiger partial charge in [-0.05, 0) is 58.6 Å². The number of hydrogen-bond acceptors (Lipinski definition) is 4. The molecule has 19 heavy (non-hydrogen) atoms. The predicted molar refractivity (Wildman–Crippen MR) is 80.0 cm³/mol. The lowest BCUT2D eigenvalue weighted by Gasteiger charge is -2.24. The van der Waals surface area contributed by atoms with Gasteiger partial charge >= 0.3 is 5.97 Å². The topological polar surface area (TPSA) is 61.5 Å². The molecule has 5 heteroatoms. The molecule has 0 bridgehead atoms. The van der Waals surface area contributed by atoms with Gasteiger partial charge < -0.3 is 14.9 Å². The van der Waals surface area contributed by atoms with E-state index in [1.54, 1.807) is 18.2 Å². The summed E-state index contributed by atoms with van der Waals surface area (Å²) in [6.07, 6.45) is 0. The van der Waals surface area contributed by atoms with Crippen LogP contribution in [-0.2, 0) is 4.74 Å². The molecule has 4 nitrogen and oxygen atoms in total. The van der Waals surface area contributed by atoms with E-state index in [4.69, 9.17) is 14.9 Å². The number of carbonyl (C=O) groups excluding carboxylic acids is 1. The Kier molecular flexibility index (Phi) is 4.30. The summed E-state index contributed by atoms with van der Waals surface area (Å²) in [6.45, 7) is 11.7. The van der Waals surface area contributed by atoms with Crippen molar-refractivity contribution in [2.75, 3.05) is 5.73 Å². The molecular weight excluding hydrogens is 258 g/mol. The summed E-state index contributed by atoms with van der Waals surface area (Å²) in [6, 6.07) is 5.06. The molecule has 1 rings (SSSR count). The Labute approximate surface area is 116 Å². The lowest BCUT2D eigenvalue weighted by molar-refractivity contribution is 0.00678. The molecule has 0 heterocycles. The summed E-state index contributed by atoms with van der Waals surface area (Å²) < 4.78 is 11.3. The Hall–Kier alpha value is -1.49. The average molecular weight is 281 g/mol. The van der Waals surface area contributed by atoms with Crippen molar-refractivity contribution in [1.82, 2.24) is 0 Å². The SMILES string of the molecule is CC(C)(C)OC(=O)c1cc(N)ccc1O[Si](C)(C)C. The summed E-state index contributed by atoms with van der Waals surface area (Å²) in [5.74, 6) is 0.135. The zero-order valence-corrected chi connectivity index (χ0v) is 13.5. The molecule has 0 aromatic heterocycles. The summed E-state index contributed by atoms with van der Waals surface area (Å²) in [5, 5.41) is 0. The first-order chi connectivity index (χ1) is 8.48. The fourth-order valence-electron chi connectivity index (χ4n) is 1.46. The number of esters is 1. The van der Waals surface area contributed by atoms with Gasteiger partial charge in [-0.15, -0.1) is 0 Å². The van der Waals surface area contributed by atoms with Crippen LogP contribution in [0.1, 0.15) is 31.1 Å². The molecule has 0 unspecified atom stereocenters. The molecule has 0 amide bonds. The molecule has 0 spiro atoms. The van der Waals surface area contributed by atoms with Crippen molar-refractivity contribution in [2.45, 2.75) is 46.0 Å². The van der Waals surface area contributed by atoms with Gasteiger partial charge in [-0.1, -0.05) is 0 Å². The molecule has 106 valence electrons. The monoisotopic (exact) mass is 281 g/mol. The van der Waals surface area contributed by atoms with Crippen molar-refractivity contribution < 1.29 is 14.0 Å². The summed E-state index contributed by atoms with van der Waals surface area (Å²) in [5.41, 5.74) is 6.10. The third-order valence-electron chi connectivity index (χ3n) is 2.04. The molecule has 0 aliphatic rings. The van der Waals surface area contributed by atoms with Gasteiger partial charge in [0.25, 0.3) is 0 Å². The summed E-state index contributed by atoms with van der Waals surface area (Å²) in [7, 11) is -1.80. The molecule has 0 atom stereocenters. The molecule has 2 N–H and O–H groups in total. The molecule has 1 aromatic rings. The fourth-order valence-corrected chi connectivity index (χ4v) is 2.30. The van der Waals surface area contributed by atoms with E-state index in [9.17, 15) is 4.79 Å². The highest BCUT2D eigenvalue weighted by Gasteiger charge is 2.24. The minimum absolute atomic E-state index is 0.386. The van der Waals surface area contributed by atoms with E-state index in [1.165, 1.54) is 0 Å². The highest BCUT2D eigenvalue weighted by atomic mass is 28.4. The van der Waals surface area contributed by atoms with E-state index >= 15 is 0 Å². The minimum Gasteiger partial charge on any atom is -0.544 e. The van der Waals surface area contributed by atoms with Gasteiger partial charge in [0.1, 0.15) is 16.9 Å². The highest BCUT2D eigenvalue weighted by molar-refractivity contribution is 6.70. The van der Waals surface area contributed by atoms with Crippen LogP contribution < -0.4 is 10.2 Å². The Bertz CT molecular complexity index is 473. The first kappa shape index (κ1) is 15.6. The fraction of sp³-hybridized carbons (Fsp3) is 0.500. The molecule has 0 radical (unpaired) electrons. The number of nitrogen functional groups attached to an aromatic ring is 1. The smallest absolute Gasteiger partial charge is 0.342 e. The number of carbonyl (C=O) groups is 1. The van der Waals surface area contributed by atoms with Crippen LogP contribution in [0, 0.1) is 0 Å². The van der Waals surface area contributed by atoms with Crippen molar-refractivity contribution in [2.24, 2.45) is 0 Å². The standard InChI is InChI=1S/C14H23NO3Si/c1-14(2,3)17-13(16)11-9-10(15)7-8-12(11)18-19(4,5)6/h7-9H,15H2,1-6H3. The number of anilines is 1. The van der Waals surface area contributed by atoms with Crippen molar-refractivity contribution in [3.8, 4) is 5.75 Å². The maximum atomic E-state index is 12.2. The van der Waals surface area contributed by atoms with Crippen LogP contribution in [0.25, 0.3) is 0 Å². The lowest BCUT2D eigenvalue weighted by atomic mass is 10.1. The average Bonchev–Trinajstić information content (AvgIpc) is 2.16. The lowest BCUT2D eigenvalue weighted by Crippen LogP contribution is -2.31. The number of nitrogens with two attached hydrogens (primary N) is 1. The van der Waals surface area contributed by atoms with Crippen LogP contribution in [-0.4, -0.2) is 19.9 Å². The first-order valence-electron chi connectivity index (χ1n) is 6.30. The van der Waals surface area contributed by atoms with Gasteiger partial charge in [-0.25, -0.2) is 4.79 Å². The molecule has 0 saturated carbocycles. The van der Waals surface area contributed by atoms with Gasteiger partial charge in [0.2, 0.25) is 8.32 Å². The second kappa shape index (κ2) is 5.25. The minimum atomic E-state index is -1.80. The van der Waals surface area contributed by atoms with Gasteiger partial charge in [0, 0.05) is 5.69 Å². The Morgan fingerprint density at radius 1 is 1.21 bits per heavy atom. The maximum absolute atomic E-state index is 12.2. The van der Waals surface area contributed by atoms with Crippen molar-refractivity contribution in [1.29, 1.82) is 0 Å². The van der Waals surface area contributed by atoms with E-state index < -0.39 is 19.9 Å². The van der Waals surface area contributed by atoms with Crippen LogP contribution in [0.5, 0.6) is 5.75 Å². The largest absolute Gasteiger partial charge is 0.544 e. The number of hydrogen-bond donors (Lipinski definition) is 1. The zero-order valence-electron chi connectivity index (χ0n) is 12.5. The van der Waals surface area contributed by atoms with E-state index in [-0.39, 0.29) is 0 Å². The van der Waals surface area contributed by atoms with Gasteiger partial charge in [-0.2, -0.15) is 0 Å². The van der Waals surface area contributed by atoms with Crippen LogP contribution in [0.2, 0.25) is 19.6 Å². The van der Waals surface area contributed by atoms with Crippen molar-refractivity contribution in [3.63, 3.8) is 0 Å². The summed E-state index contributed by atoms with van der Waals surface area (Å²) >= 11 is 0. The van der Waals surface area contributed by atoms with Crippen LogP contribution in [0.4, 0.5) is 5.69 Å². The number of rotatable bonds is 3. The van der Waals surface area contributed by atoms with Crippen LogP contribution in [0.3, 0.4) is 0 Å². The maximum Gasteiger partial charge on any atom is 0.342 e. The predicted octanol–water partition coefficient (Wildman–Crippen LogP) is 3.44. The first-order valence-corrected chi connectivity index (χ1v) is 9.71. The normalized spacial score (nSPS) is 12.1. The third-order valence-corrected chi connectivity index (χ3v) is 2.87. The second-order valence-electron chi connectivity index (χ2n) is 6.47. The van der Waals surface area contributed by atoms with E-state index in [1.807, 2.05) is 20.8 Å². The highest BCUT2D eigenvalue weighted by Crippen LogP contribution is 2.26. The van der Waals surface area contributed by atoms with Gasteiger partial charge in [0.15, 0.2) is 0 Å². The van der Waals surface area contributed by atoms with Crippen molar-refractivity contribution >= 4 is 20.0 Å². The Morgan fingerprint density at radius 2 is 1.79 bits per heavy atom. The van der Waals surface area contributed by atoms with Gasteiger partial charge in [0.05, 0.1) is 0 Å². The molecule has 0 aliphatic carbocycles. The molecule has 0 fully saturated rings. The van der Waals surface area contributed by atoms with Crippen molar-refractivity contribution in [3.05, 3.63) is 23.8 Å². The Balaban J connectivity index is 3.10. The van der Waals surface area contributed by atoms with E-state index in [0.717, 1.165) is 0 Å². The quantitative estimate of drug-likeness (QED) is 0.524. The third kappa shape index (κ3) is 5.34.